The number of aromatic nitrogens is 4. The third-order valence-electron chi connectivity index (χ3n) is 4.45. The summed E-state index contributed by atoms with van der Waals surface area (Å²) >= 11 is 0. The SMILES string of the molecule is Cc1ncoc1C(=O)Nc1ccc(F)c(-n2cc3cc(C(C)C)cnc3n2)c1. The summed E-state index contributed by atoms with van der Waals surface area (Å²) in [7, 11) is 0. The highest BCUT2D eigenvalue weighted by Gasteiger charge is 2.16. The molecule has 0 aliphatic carbocycles. The second kappa shape index (κ2) is 6.88. The molecule has 0 atom stereocenters. The van der Waals surface area contributed by atoms with Gasteiger partial charge in [-0.25, -0.2) is 19.0 Å². The van der Waals surface area contributed by atoms with Crippen LogP contribution in [0.15, 0.2) is 47.5 Å². The minimum atomic E-state index is -0.467. The van der Waals surface area contributed by atoms with Gasteiger partial charge in [-0.05, 0) is 42.7 Å². The van der Waals surface area contributed by atoms with Crippen molar-refractivity contribution in [3.63, 3.8) is 0 Å². The predicted molar refractivity (Wildman–Crippen MR) is 102 cm³/mol. The van der Waals surface area contributed by atoms with E-state index in [1.54, 1.807) is 19.3 Å². The van der Waals surface area contributed by atoms with Gasteiger partial charge in [0, 0.05) is 23.5 Å². The van der Waals surface area contributed by atoms with Crippen LogP contribution < -0.4 is 5.32 Å². The lowest BCUT2D eigenvalue weighted by atomic mass is 10.1. The molecular formula is C20H18FN5O2. The van der Waals surface area contributed by atoms with Gasteiger partial charge in [0.2, 0.25) is 5.76 Å². The van der Waals surface area contributed by atoms with Crippen LogP contribution >= 0.6 is 0 Å². The first-order valence-corrected chi connectivity index (χ1v) is 8.79. The summed E-state index contributed by atoms with van der Waals surface area (Å²) in [5, 5.41) is 7.85. The van der Waals surface area contributed by atoms with Crippen molar-refractivity contribution in [2.24, 2.45) is 0 Å². The number of nitrogens with one attached hydrogen (secondary N) is 1. The molecule has 0 saturated heterocycles. The summed E-state index contributed by atoms with van der Waals surface area (Å²) in [5.74, 6) is -0.483. The lowest BCUT2D eigenvalue weighted by Gasteiger charge is -2.08. The molecule has 7 nitrogen and oxygen atoms in total. The van der Waals surface area contributed by atoms with Gasteiger partial charge in [0.25, 0.3) is 5.91 Å². The van der Waals surface area contributed by atoms with Gasteiger partial charge >= 0.3 is 0 Å². The van der Waals surface area contributed by atoms with Crippen LogP contribution in [0.4, 0.5) is 10.1 Å². The van der Waals surface area contributed by atoms with Gasteiger partial charge in [-0.1, -0.05) is 13.8 Å². The predicted octanol–water partition coefficient (Wildman–Crippen LogP) is 4.23. The summed E-state index contributed by atoms with van der Waals surface area (Å²) in [4.78, 5) is 20.5. The van der Waals surface area contributed by atoms with Crippen LogP contribution in [0, 0.1) is 12.7 Å². The number of pyridine rings is 1. The maximum Gasteiger partial charge on any atom is 0.293 e. The molecule has 0 radical (unpaired) electrons. The van der Waals surface area contributed by atoms with Crippen LogP contribution in [-0.2, 0) is 0 Å². The summed E-state index contributed by atoms with van der Waals surface area (Å²) in [6.07, 6.45) is 4.70. The van der Waals surface area contributed by atoms with Gasteiger partial charge in [0.15, 0.2) is 12.0 Å². The number of hydrogen-bond acceptors (Lipinski definition) is 5. The number of carbonyl (C=O) groups excluding carboxylic acids is 1. The highest BCUT2D eigenvalue weighted by Crippen LogP contribution is 2.23. The minimum absolute atomic E-state index is 0.112. The second-order valence-corrected chi connectivity index (χ2v) is 6.80. The second-order valence-electron chi connectivity index (χ2n) is 6.80. The van der Waals surface area contributed by atoms with Crippen molar-refractivity contribution in [2.45, 2.75) is 26.7 Å². The Morgan fingerprint density at radius 3 is 2.79 bits per heavy atom. The standard InChI is InChI=1S/C20H18FN5O2/c1-11(2)13-6-14-9-26(25-19(14)22-8-13)17-7-15(4-5-16(17)21)24-20(27)18-12(3)23-10-28-18/h4-11H,1-3H3,(H,24,27). The van der Waals surface area contributed by atoms with E-state index in [9.17, 15) is 9.18 Å². The van der Waals surface area contributed by atoms with E-state index < -0.39 is 11.7 Å². The highest BCUT2D eigenvalue weighted by atomic mass is 19.1. The number of nitrogens with zero attached hydrogens (tertiary/aromatic N) is 4. The summed E-state index contributed by atoms with van der Waals surface area (Å²) in [5.41, 5.74) is 2.69. The van der Waals surface area contributed by atoms with Gasteiger partial charge in [0.05, 0.1) is 5.69 Å². The number of amides is 1. The molecule has 0 fully saturated rings. The van der Waals surface area contributed by atoms with E-state index in [1.807, 2.05) is 6.07 Å². The molecule has 4 rings (SSSR count). The zero-order valence-electron chi connectivity index (χ0n) is 15.6. The Bertz CT molecular complexity index is 1180. The number of oxazole rings is 1. The van der Waals surface area contributed by atoms with Crippen molar-refractivity contribution in [3.8, 4) is 5.69 Å². The first-order chi connectivity index (χ1) is 13.4. The largest absolute Gasteiger partial charge is 0.438 e. The fraction of sp³-hybridized carbons (Fsp3) is 0.200. The molecule has 4 aromatic rings. The van der Waals surface area contributed by atoms with Crippen LogP contribution in [0.2, 0.25) is 0 Å². The molecule has 0 aliphatic rings. The van der Waals surface area contributed by atoms with E-state index >= 15 is 0 Å². The lowest BCUT2D eigenvalue weighted by Crippen LogP contribution is -2.13. The molecule has 0 saturated carbocycles. The lowest BCUT2D eigenvalue weighted by molar-refractivity contribution is 0.0996. The Labute approximate surface area is 160 Å². The van der Waals surface area contributed by atoms with Crippen molar-refractivity contribution in [2.75, 3.05) is 5.32 Å². The fourth-order valence-corrected chi connectivity index (χ4v) is 2.85. The van der Waals surface area contributed by atoms with Crippen molar-refractivity contribution in [1.29, 1.82) is 0 Å². The van der Waals surface area contributed by atoms with E-state index in [0.29, 0.717) is 22.9 Å². The van der Waals surface area contributed by atoms with E-state index in [0.717, 1.165) is 10.9 Å². The average Bonchev–Trinajstić information content (AvgIpc) is 3.28. The summed E-state index contributed by atoms with van der Waals surface area (Å²) in [6, 6.07) is 6.25. The van der Waals surface area contributed by atoms with E-state index in [2.05, 4.69) is 34.2 Å². The molecule has 3 heterocycles. The van der Waals surface area contributed by atoms with Crippen LogP contribution in [0.3, 0.4) is 0 Å². The number of halogens is 1. The number of aryl methyl sites for hydroxylation is 1. The number of benzene rings is 1. The van der Waals surface area contributed by atoms with Crippen molar-refractivity contribution in [3.05, 3.63) is 65.9 Å². The fourth-order valence-electron chi connectivity index (χ4n) is 2.85. The van der Waals surface area contributed by atoms with Gasteiger partial charge in [-0.3, -0.25) is 4.79 Å². The van der Waals surface area contributed by atoms with Crippen LogP contribution in [-0.4, -0.2) is 25.7 Å². The Morgan fingerprint density at radius 2 is 2.07 bits per heavy atom. The van der Waals surface area contributed by atoms with Crippen molar-refractivity contribution >= 4 is 22.6 Å². The monoisotopic (exact) mass is 379 g/mol. The van der Waals surface area contributed by atoms with Crippen molar-refractivity contribution in [1.82, 2.24) is 19.7 Å². The molecule has 1 amide bonds. The smallest absolute Gasteiger partial charge is 0.293 e. The third-order valence-corrected chi connectivity index (χ3v) is 4.45. The molecule has 142 valence electrons. The van der Waals surface area contributed by atoms with E-state index in [1.165, 1.54) is 29.3 Å². The maximum absolute atomic E-state index is 14.4. The molecule has 1 N–H and O–H groups in total. The number of hydrogen-bond donors (Lipinski definition) is 1. The van der Waals surface area contributed by atoms with Gasteiger partial charge in [-0.15, -0.1) is 5.10 Å². The highest BCUT2D eigenvalue weighted by molar-refractivity contribution is 6.03. The summed E-state index contributed by atoms with van der Waals surface area (Å²) < 4.78 is 21.0. The van der Waals surface area contributed by atoms with Gasteiger partial charge in [-0.2, -0.15) is 0 Å². The molecule has 1 aromatic carbocycles. The Kier molecular flexibility index (Phi) is 4.38. The minimum Gasteiger partial charge on any atom is -0.438 e. The zero-order chi connectivity index (χ0) is 19.8. The molecule has 0 aliphatic heterocycles. The van der Waals surface area contributed by atoms with Gasteiger partial charge in [0.1, 0.15) is 11.5 Å². The van der Waals surface area contributed by atoms with Crippen LogP contribution in [0.25, 0.3) is 16.7 Å². The first-order valence-electron chi connectivity index (χ1n) is 8.79. The van der Waals surface area contributed by atoms with Crippen molar-refractivity contribution < 1.29 is 13.6 Å². The molecular weight excluding hydrogens is 361 g/mol. The zero-order valence-corrected chi connectivity index (χ0v) is 15.6. The molecule has 3 aromatic heterocycles. The van der Waals surface area contributed by atoms with E-state index in [-0.39, 0.29) is 11.4 Å². The number of fused-ring (bicyclic) bond motifs is 1. The molecule has 0 unspecified atom stereocenters. The van der Waals surface area contributed by atoms with E-state index in [4.69, 9.17) is 4.42 Å². The van der Waals surface area contributed by atoms with Crippen LogP contribution in [0.1, 0.15) is 41.6 Å². The quantitative estimate of drug-likeness (QED) is 0.573. The molecule has 0 bridgehead atoms. The topological polar surface area (TPSA) is 85.8 Å². The maximum atomic E-state index is 14.4. The van der Waals surface area contributed by atoms with Gasteiger partial charge < -0.3 is 9.73 Å². The third kappa shape index (κ3) is 3.24. The molecule has 0 spiro atoms. The van der Waals surface area contributed by atoms with Crippen LogP contribution in [0.5, 0.6) is 0 Å². The Morgan fingerprint density at radius 1 is 1.25 bits per heavy atom. The average molecular weight is 379 g/mol. The Hall–Kier alpha value is -3.55. The molecule has 28 heavy (non-hydrogen) atoms. The molecule has 8 heteroatoms. The number of anilines is 1. The normalized spacial score (nSPS) is 11.3. The first kappa shape index (κ1) is 17.8. The summed E-state index contributed by atoms with van der Waals surface area (Å²) in [6.45, 7) is 5.83. The number of rotatable bonds is 4. The Balaban J connectivity index is 1.68. The number of carbonyl (C=O) groups is 1.